The summed E-state index contributed by atoms with van der Waals surface area (Å²) < 4.78 is 23.0. The van der Waals surface area contributed by atoms with Crippen LogP contribution < -0.4 is 15.8 Å². The van der Waals surface area contributed by atoms with Crippen molar-refractivity contribution in [3.8, 4) is 0 Å². The number of nitrogens with two attached hydrogens (primary N) is 2. The summed E-state index contributed by atoms with van der Waals surface area (Å²) in [6.07, 6.45) is 5.96. The monoisotopic (exact) mass is 311 g/mol. The summed E-state index contributed by atoms with van der Waals surface area (Å²) in [7, 11) is -3.69. The van der Waals surface area contributed by atoms with Gasteiger partial charge in [0.1, 0.15) is 0 Å². The molecule has 0 saturated carbocycles. The average Bonchev–Trinajstić information content (AvgIpc) is 2.64. The summed E-state index contributed by atoms with van der Waals surface area (Å²) in [6, 6.07) is 4.69. The zero-order valence-electron chi connectivity index (χ0n) is 12.6. The zero-order chi connectivity index (χ0) is 15.5. The van der Waals surface area contributed by atoms with Gasteiger partial charge in [0.25, 0.3) is 0 Å². The third kappa shape index (κ3) is 4.11. The van der Waals surface area contributed by atoms with E-state index in [0.717, 1.165) is 37.5 Å². The molecule has 5 nitrogen and oxygen atoms in total. The standard InChI is InChI=1S/C15H25N3O2S/c1-2-4-12-5-3-9-18(10-8-12)15-11-13(21(17,19)20)6-7-14(15)16/h6-7,11-12H,2-5,8-10,16H2,1H3,(H2,17,19,20). The van der Waals surface area contributed by atoms with Gasteiger partial charge < -0.3 is 10.6 Å². The van der Waals surface area contributed by atoms with Crippen LogP contribution in [0, 0.1) is 5.92 Å². The van der Waals surface area contributed by atoms with Gasteiger partial charge in [0, 0.05) is 13.1 Å². The SMILES string of the molecule is CCCC1CCCN(c2cc(S(N)(=O)=O)ccc2N)CC1. The van der Waals surface area contributed by atoms with Crippen LogP contribution in [0.3, 0.4) is 0 Å². The third-order valence-corrected chi connectivity index (χ3v) is 5.13. The highest BCUT2D eigenvalue weighted by Crippen LogP contribution is 2.30. The van der Waals surface area contributed by atoms with E-state index in [1.165, 1.54) is 25.3 Å². The van der Waals surface area contributed by atoms with Crippen LogP contribution in [0.4, 0.5) is 11.4 Å². The van der Waals surface area contributed by atoms with E-state index < -0.39 is 10.0 Å². The van der Waals surface area contributed by atoms with E-state index in [2.05, 4.69) is 11.8 Å². The van der Waals surface area contributed by atoms with E-state index in [1.54, 1.807) is 12.1 Å². The second kappa shape index (κ2) is 6.66. The van der Waals surface area contributed by atoms with Gasteiger partial charge in [-0.2, -0.15) is 0 Å². The van der Waals surface area contributed by atoms with Gasteiger partial charge in [-0.3, -0.25) is 0 Å². The number of rotatable bonds is 4. The molecular weight excluding hydrogens is 286 g/mol. The Kier molecular flexibility index (Phi) is 5.11. The first-order valence-corrected chi connectivity index (χ1v) is 9.13. The number of hydrogen-bond acceptors (Lipinski definition) is 4. The highest BCUT2D eigenvalue weighted by Gasteiger charge is 2.19. The molecule has 2 rings (SSSR count). The average molecular weight is 311 g/mol. The molecule has 1 heterocycles. The third-order valence-electron chi connectivity index (χ3n) is 4.22. The Morgan fingerprint density at radius 3 is 2.71 bits per heavy atom. The van der Waals surface area contributed by atoms with E-state index >= 15 is 0 Å². The van der Waals surface area contributed by atoms with Gasteiger partial charge in [-0.15, -0.1) is 0 Å². The van der Waals surface area contributed by atoms with Gasteiger partial charge >= 0.3 is 0 Å². The topological polar surface area (TPSA) is 89.4 Å². The van der Waals surface area contributed by atoms with Crippen molar-refractivity contribution in [1.29, 1.82) is 0 Å². The van der Waals surface area contributed by atoms with E-state index in [1.807, 2.05) is 0 Å². The molecule has 21 heavy (non-hydrogen) atoms. The number of primary sulfonamides is 1. The molecule has 1 atom stereocenters. The van der Waals surface area contributed by atoms with Crippen LogP contribution in [0.15, 0.2) is 23.1 Å². The molecule has 0 aromatic heterocycles. The summed E-state index contributed by atoms with van der Waals surface area (Å²) in [4.78, 5) is 2.32. The summed E-state index contributed by atoms with van der Waals surface area (Å²) in [5, 5.41) is 5.21. The van der Waals surface area contributed by atoms with Crippen molar-refractivity contribution in [1.82, 2.24) is 0 Å². The lowest BCUT2D eigenvalue weighted by molar-refractivity contribution is 0.435. The van der Waals surface area contributed by atoms with Gasteiger partial charge in [-0.05, 0) is 43.4 Å². The summed E-state index contributed by atoms with van der Waals surface area (Å²) in [5.74, 6) is 0.766. The molecular formula is C15H25N3O2S. The van der Waals surface area contributed by atoms with Crippen LogP contribution in [0.5, 0.6) is 0 Å². The molecule has 1 aromatic carbocycles. The van der Waals surface area contributed by atoms with Crippen molar-refractivity contribution in [3.05, 3.63) is 18.2 Å². The van der Waals surface area contributed by atoms with Gasteiger partial charge in [-0.25, -0.2) is 13.6 Å². The van der Waals surface area contributed by atoms with Crippen molar-refractivity contribution >= 4 is 21.4 Å². The second-order valence-corrected chi connectivity index (χ2v) is 7.40. The van der Waals surface area contributed by atoms with E-state index in [4.69, 9.17) is 10.9 Å². The number of hydrogen-bond donors (Lipinski definition) is 2. The maximum absolute atomic E-state index is 11.5. The van der Waals surface area contributed by atoms with E-state index in [-0.39, 0.29) is 4.90 Å². The molecule has 0 amide bonds. The Bertz CT molecular complexity index is 587. The predicted octanol–water partition coefficient (Wildman–Crippen LogP) is 2.32. The van der Waals surface area contributed by atoms with Gasteiger partial charge in [0.05, 0.1) is 16.3 Å². The second-order valence-electron chi connectivity index (χ2n) is 5.84. The molecule has 0 aliphatic carbocycles. The number of anilines is 2. The Hall–Kier alpha value is -1.27. The lowest BCUT2D eigenvalue weighted by Gasteiger charge is -2.25. The fourth-order valence-corrected chi connectivity index (χ4v) is 3.61. The molecule has 1 unspecified atom stereocenters. The summed E-state index contributed by atoms with van der Waals surface area (Å²) >= 11 is 0. The number of benzene rings is 1. The first kappa shape index (κ1) is 16.1. The highest BCUT2D eigenvalue weighted by atomic mass is 32.2. The molecule has 0 spiro atoms. The molecule has 0 radical (unpaired) electrons. The summed E-state index contributed by atoms with van der Waals surface area (Å²) in [5.41, 5.74) is 7.43. The van der Waals surface area contributed by atoms with Crippen molar-refractivity contribution in [2.75, 3.05) is 23.7 Å². The Labute approximate surface area is 127 Å². The minimum Gasteiger partial charge on any atom is -0.397 e. The Morgan fingerprint density at radius 2 is 2.05 bits per heavy atom. The zero-order valence-corrected chi connectivity index (χ0v) is 13.4. The number of nitrogen functional groups attached to an aromatic ring is 1. The van der Waals surface area contributed by atoms with Gasteiger partial charge in [-0.1, -0.05) is 19.8 Å². The highest BCUT2D eigenvalue weighted by molar-refractivity contribution is 7.89. The summed E-state index contributed by atoms with van der Waals surface area (Å²) in [6.45, 7) is 4.05. The lowest BCUT2D eigenvalue weighted by atomic mass is 9.96. The minimum atomic E-state index is -3.69. The van der Waals surface area contributed by atoms with Crippen molar-refractivity contribution in [2.45, 2.75) is 43.9 Å². The smallest absolute Gasteiger partial charge is 0.238 e. The van der Waals surface area contributed by atoms with E-state index in [0.29, 0.717) is 5.69 Å². The maximum Gasteiger partial charge on any atom is 0.238 e. The van der Waals surface area contributed by atoms with Crippen LogP contribution in [0.1, 0.15) is 39.0 Å². The van der Waals surface area contributed by atoms with Gasteiger partial charge in [0.15, 0.2) is 0 Å². The van der Waals surface area contributed by atoms with Crippen LogP contribution in [-0.4, -0.2) is 21.5 Å². The molecule has 1 aromatic rings. The normalized spacial score (nSPS) is 20.3. The van der Waals surface area contributed by atoms with Crippen LogP contribution >= 0.6 is 0 Å². The quantitative estimate of drug-likeness (QED) is 0.835. The first-order chi connectivity index (χ1) is 9.91. The van der Waals surface area contributed by atoms with Crippen LogP contribution in [-0.2, 0) is 10.0 Å². The molecule has 0 bridgehead atoms. The first-order valence-electron chi connectivity index (χ1n) is 7.59. The number of sulfonamides is 1. The largest absolute Gasteiger partial charge is 0.397 e. The Morgan fingerprint density at radius 1 is 1.29 bits per heavy atom. The molecule has 1 saturated heterocycles. The van der Waals surface area contributed by atoms with Crippen LogP contribution in [0.2, 0.25) is 0 Å². The molecule has 4 N–H and O–H groups in total. The Balaban J connectivity index is 2.21. The van der Waals surface area contributed by atoms with Crippen molar-refractivity contribution in [2.24, 2.45) is 11.1 Å². The van der Waals surface area contributed by atoms with Crippen LogP contribution in [0.25, 0.3) is 0 Å². The number of nitrogens with zero attached hydrogens (tertiary/aromatic N) is 1. The maximum atomic E-state index is 11.5. The lowest BCUT2D eigenvalue weighted by Crippen LogP contribution is -2.25. The fraction of sp³-hybridized carbons (Fsp3) is 0.600. The molecule has 118 valence electrons. The fourth-order valence-electron chi connectivity index (χ4n) is 3.08. The minimum absolute atomic E-state index is 0.126. The van der Waals surface area contributed by atoms with Gasteiger partial charge in [0.2, 0.25) is 10.0 Å². The molecule has 1 fully saturated rings. The predicted molar refractivity (Wildman–Crippen MR) is 86.7 cm³/mol. The van der Waals surface area contributed by atoms with Crippen molar-refractivity contribution < 1.29 is 8.42 Å². The molecule has 6 heteroatoms. The molecule has 1 aliphatic heterocycles. The van der Waals surface area contributed by atoms with Crippen molar-refractivity contribution in [3.63, 3.8) is 0 Å². The van der Waals surface area contributed by atoms with E-state index in [9.17, 15) is 8.42 Å². The molecule has 1 aliphatic rings.